The number of nitrogens with one attached hydrogen (secondary N) is 1. The van der Waals surface area contributed by atoms with Gasteiger partial charge in [-0.1, -0.05) is 36.4 Å². The number of halogens is 4. The minimum Gasteiger partial charge on any atom is -0.462 e. The summed E-state index contributed by atoms with van der Waals surface area (Å²) in [5.41, 5.74) is 5.21. The Balaban J connectivity index is 0. The summed E-state index contributed by atoms with van der Waals surface area (Å²) < 4.78 is 42.2. The summed E-state index contributed by atoms with van der Waals surface area (Å²) in [5.74, 6) is -0.115. The van der Waals surface area contributed by atoms with Gasteiger partial charge >= 0.3 is 24.9 Å². The van der Waals surface area contributed by atoms with Gasteiger partial charge in [0.1, 0.15) is 23.6 Å². The van der Waals surface area contributed by atoms with Crippen molar-refractivity contribution in [3.05, 3.63) is 60.7 Å². The normalized spacial score (nSPS) is 13.5. The minimum absolute atomic E-state index is 0. The standard InChI is InChI=1S/C12H17ClNO4P.C6H5Cl2O2P.C6H13NO2.ClH/c1-9(2)17-12(15)10(3)14-19(13,16)18-11-7-5-4-6-8-11;7-11(8,9)10-6-4-2-1-3-5-6;1-4(2)9-6(8)5(3)7;/h4-10H,1-3H3,(H,14,16);1-5H;4-5H,7H2,1-3H3;1H/t10-,19?;;5-;/m0.0./s1. The molecule has 40 heavy (non-hydrogen) atoms. The number of esters is 2. The van der Waals surface area contributed by atoms with Crippen LogP contribution in [0.15, 0.2) is 60.7 Å². The molecule has 1 unspecified atom stereocenters. The van der Waals surface area contributed by atoms with Gasteiger partial charge in [-0.05, 0) is 65.8 Å². The van der Waals surface area contributed by atoms with Crippen LogP contribution in [0.4, 0.5) is 0 Å². The molecular weight excluding hydrogens is 648 g/mol. The second-order valence-corrected chi connectivity index (χ2v) is 15.2. The molecule has 0 saturated carbocycles. The molecule has 0 aliphatic rings. The molecule has 0 saturated heterocycles. The molecule has 0 aliphatic heterocycles. The van der Waals surface area contributed by atoms with Crippen LogP contribution in [0.2, 0.25) is 0 Å². The van der Waals surface area contributed by atoms with Gasteiger partial charge in [-0.2, -0.15) is 0 Å². The Kier molecular flexibility index (Phi) is 20.7. The van der Waals surface area contributed by atoms with Crippen molar-refractivity contribution in [1.29, 1.82) is 0 Å². The second kappa shape index (κ2) is 20.4. The van der Waals surface area contributed by atoms with Crippen LogP contribution in [0, 0.1) is 0 Å². The van der Waals surface area contributed by atoms with Crippen molar-refractivity contribution in [1.82, 2.24) is 5.09 Å². The monoisotopic (exact) mass is 682 g/mol. The fourth-order valence-corrected chi connectivity index (χ4v) is 4.74. The van der Waals surface area contributed by atoms with Crippen LogP contribution in [-0.4, -0.2) is 36.2 Å². The Morgan fingerprint density at radius 2 is 1.10 bits per heavy atom. The fraction of sp³-hybridized carbons (Fsp3) is 0.417. The number of hydrogen-bond acceptors (Lipinski definition) is 9. The number of carbonyl (C=O) groups excluding carboxylic acids is 2. The third kappa shape index (κ3) is 22.2. The molecule has 228 valence electrons. The van der Waals surface area contributed by atoms with Crippen LogP contribution in [0.5, 0.6) is 11.5 Å². The highest BCUT2D eigenvalue weighted by atomic mass is 35.9. The van der Waals surface area contributed by atoms with E-state index in [1.807, 2.05) is 0 Å². The van der Waals surface area contributed by atoms with Crippen LogP contribution in [0.3, 0.4) is 0 Å². The zero-order valence-electron chi connectivity index (χ0n) is 22.9. The quantitative estimate of drug-likeness (QED) is 0.189. The SMILES string of the molecule is CC(C)OC(=O)[C@H](C)N.CC(C)OC(=O)[C@H](C)NP(=O)(Cl)Oc1ccccc1.Cl.O=P(Cl)(Cl)Oc1ccccc1. The Bertz CT molecular complexity index is 1090. The lowest BCUT2D eigenvalue weighted by Crippen LogP contribution is -2.34. The third-order valence-electron chi connectivity index (χ3n) is 3.70. The number of para-hydroxylation sites is 2. The summed E-state index contributed by atoms with van der Waals surface area (Å²) in [5, 5.41) is 2.43. The molecule has 0 amide bonds. The summed E-state index contributed by atoms with van der Waals surface area (Å²) in [6, 6.07) is 15.7. The topological polar surface area (TPSA) is 143 Å². The molecule has 0 aliphatic carbocycles. The lowest BCUT2D eigenvalue weighted by atomic mass is 10.3. The average molecular weight is 684 g/mol. The van der Waals surface area contributed by atoms with E-state index >= 15 is 0 Å². The maximum Gasteiger partial charge on any atom is 0.428 e. The van der Waals surface area contributed by atoms with Crippen molar-refractivity contribution in [2.45, 2.75) is 65.8 Å². The molecule has 3 N–H and O–H groups in total. The maximum atomic E-state index is 12.0. The number of nitrogens with two attached hydrogens (primary N) is 1. The van der Waals surface area contributed by atoms with E-state index in [4.69, 9.17) is 53.5 Å². The van der Waals surface area contributed by atoms with Gasteiger partial charge in [-0.15, -0.1) is 12.4 Å². The van der Waals surface area contributed by atoms with Gasteiger partial charge < -0.3 is 24.3 Å². The highest BCUT2D eigenvalue weighted by molar-refractivity contribution is 8.05. The average Bonchev–Trinajstić information content (AvgIpc) is 2.78. The van der Waals surface area contributed by atoms with Gasteiger partial charge in [-0.3, -0.25) is 9.59 Å². The minimum atomic E-state index is -3.65. The fourth-order valence-electron chi connectivity index (χ4n) is 2.21. The molecule has 16 heteroatoms. The highest BCUT2D eigenvalue weighted by Crippen LogP contribution is 2.57. The lowest BCUT2D eigenvalue weighted by molar-refractivity contribution is -0.149. The van der Waals surface area contributed by atoms with E-state index in [0.717, 1.165) is 0 Å². The van der Waals surface area contributed by atoms with E-state index in [0.29, 0.717) is 11.5 Å². The number of carbonyl (C=O) groups is 2. The molecule has 2 aromatic carbocycles. The highest BCUT2D eigenvalue weighted by Gasteiger charge is 2.28. The van der Waals surface area contributed by atoms with Crippen molar-refractivity contribution in [3.8, 4) is 11.5 Å². The molecule has 0 fully saturated rings. The Hall–Kier alpha value is -1.48. The molecule has 3 atom stereocenters. The largest absolute Gasteiger partial charge is 0.462 e. The first kappa shape index (κ1) is 40.7. The van der Waals surface area contributed by atoms with Crippen LogP contribution in [0.1, 0.15) is 41.5 Å². The molecule has 10 nitrogen and oxygen atoms in total. The van der Waals surface area contributed by atoms with Crippen molar-refractivity contribution in [3.63, 3.8) is 0 Å². The van der Waals surface area contributed by atoms with Gasteiger partial charge in [0, 0.05) is 33.7 Å². The lowest BCUT2D eigenvalue weighted by Gasteiger charge is -2.19. The Morgan fingerprint density at radius 3 is 1.43 bits per heavy atom. The van der Waals surface area contributed by atoms with E-state index in [2.05, 4.69) is 9.61 Å². The summed E-state index contributed by atoms with van der Waals surface area (Å²) in [6.45, 7) is 6.50. The summed E-state index contributed by atoms with van der Waals surface area (Å²) in [4.78, 5) is 22.2. The molecule has 0 heterocycles. The molecular formula is C24H36Cl4N2O8P2. The first-order valence-electron chi connectivity index (χ1n) is 11.6. The number of ether oxygens (including phenoxy) is 2. The molecule has 0 spiro atoms. The maximum absolute atomic E-state index is 12.0. The third-order valence-corrected chi connectivity index (χ3v) is 6.18. The zero-order chi connectivity index (χ0) is 30.2. The first-order chi connectivity index (χ1) is 17.9. The predicted octanol–water partition coefficient (Wildman–Crippen LogP) is 7.70. The van der Waals surface area contributed by atoms with Crippen LogP contribution < -0.4 is 19.9 Å². The number of benzene rings is 2. The van der Waals surface area contributed by atoms with E-state index in [1.54, 1.807) is 95.3 Å². The van der Waals surface area contributed by atoms with Gasteiger partial charge in [0.25, 0.3) is 0 Å². The van der Waals surface area contributed by atoms with Gasteiger partial charge in [0.2, 0.25) is 0 Å². The van der Waals surface area contributed by atoms with Crippen molar-refractivity contribution < 1.29 is 37.2 Å². The van der Waals surface area contributed by atoms with Crippen molar-refractivity contribution in [2.75, 3.05) is 0 Å². The number of hydrogen-bond donors (Lipinski definition) is 2. The summed E-state index contributed by atoms with van der Waals surface area (Å²) in [6.07, 6.45) is -3.76. The summed E-state index contributed by atoms with van der Waals surface area (Å²) >= 11 is 16.1. The predicted molar refractivity (Wildman–Crippen MR) is 163 cm³/mol. The first-order valence-corrected chi connectivity index (χ1v) is 17.6. The molecule has 2 rings (SSSR count). The van der Waals surface area contributed by atoms with Gasteiger partial charge in [0.15, 0.2) is 0 Å². The van der Waals surface area contributed by atoms with E-state index in [9.17, 15) is 18.7 Å². The van der Waals surface area contributed by atoms with Gasteiger partial charge in [-0.25, -0.2) is 14.2 Å². The number of rotatable bonds is 10. The van der Waals surface area contributed by atoms with E-state index in [-0.39, 0.29) is 30.6 Å². The molecule has 2 aromatic rings. The van der Waals surface area contributed by atoms with E-state index < -0.39 is 31.0 Å². The van der Waals surface area contributed by atoms with Crippen LogP contribution >= 0.6 is 59.1 Å². The zero-order valence-corrected chi connectivity index (χ0v) is 27.7. The van der Waals surface area contributed by atoms with Crippen molar-refractivity contribution in [2.24, 2.45) is 5.73 Å². The van der Waals surface area contributed by atoms with Crippen LogP contribution in [0.25, 0.3) is 0 Å². The summed E-state index contributed by atoms with van der Waals surface area (Å²) in [7, 11) is 0. The van der Waals surface area contributed by atoms with Crippen LogP contribution in [-0.2, 0) is 28.2 Å². The Morgan fingerprint density at radius 1 is 0.725 bits per heavy atom. The second-order valence-electron chi connectivity index (χ2n) is 8.31. The van der Waals surface area contributed by atoms with Gasteiger partial charge in [0.05, 0.1) is 12.2 Å². The van der Waals surface area contributed by atoms with E-state index in [1.165, 1.54) is 6.92 Å². The Labute approximate surface area is 256 Å². The van der Waals surface area contributed by atoms with Crippen molar-refractivity contribution >= 4 is 71.0 Å². The molecule has 0 radical (unpaired) electrons. The smallest absolute Gasteiger partial charge is 0.428 e. The molecule has 0 bridgehead atoms. The molecule has 0 aromatic heterocycles.